The Hall–Kier alpha value is 0.347. The van der Waals surface area contributed by atoms with Crippen LogP contribution in [0.5, 0.6) is 0 Å². The Morgan fingerprint density at radius 1 is 1.08 bits per heavy atom. The summed E-state index contributed by atoms with van der Waals surface area (Å²) in [7, 11) is 3.49. The number of halogens is 1. The van der Waals surface area contributed by atoms with Crippen LogP contribution in [0.2, 0.25) is 6.04 Å². The second-order valence-corrected chi connectivity index (χ2v) is 5.56. The van der Waals surface area contributed by atoms with Crippen LogP contribution >= 0.6 is 11.6 Å². The highest BCUT2D eigenvalue weighted by atomic mass is 35.5. The zero-order valence-corrected chi connectivity index (χ0v) is 10.4. The Morgan fingerprint density at radius 2 is 1.46 bits per heavy atom. The molecule has 6 heteroatoms. The van der Waals surface area contributed by atoms with Gasteiger partial charge < -0.3 is 18.4 Å². The van der Waals surface area contributed by atoms with Crippen LogP contribution in [-0.2, 0) is 13.3 Å². The molecule has 0 bridgehead atoms. The van der Waals surface area contributed by atoms with Crippen molar-refractivity contribution in [3.8, 4) is 0 Å². The molecule has 0 radical (unpaired) electrons. The molecular formula is C7H19ClO4Si. The summed E-state index contributed by atoms with van der Waals surface area (Å²) < 4.78 is 15.5. The molecule has 4 nitrogen and oxygen atoms in total. The van der Waals surface area contributed by atoms with Crippen LogP contribution in [0.1, 0.15) is 6.42 Å². The molecule has 0 aromatic rings. The van der Waals surface area contributed by atoms with Crippen LogP contribution in [-0.4, -0.2) is 48.2 Å². The number of aliphatic hydroxyl groups is 1. The molecule has 82 valence electrons. The van der Waals surface area contributed by atoms with E-state index >= 15 is 0 Å². The number of hydrogen-bond acceptors (Lipinski definition) is 4. The van der Waals surface area contributed by atoms with Gasteiger partial charge >= 0.3 is 8.80 Å². The summed E-state index contributed by atoms with van der Waals surface area (Å²) in [4.78, 5) is 0. The van der Waals surface area contributed by atoms with Gasteiger partial charge in [0.15, 0.2) is 0 Å². The zero-order chi connectivity index (χ0) is 10.7. The lowest BCUT2D eigenvalue weighted by molar-refractivity contribution is 0.123. The predicted molar refractivity (Wildman–Crippen MR) is 55.1 cm³/mol. The van der Waals surface area contributed by atoms with E-state index in [1.165, 1.54) is 0 Å². The van der Waals surface area contributed by atoms with E-state index in [4.69, 9.17) is 30.0 Å². The molecule has 0 heterocycles. The van der Waals surface area contributed by atoms with E-state index in [9.17, 15) is 0 Å². The molecule has 13 heavy (non-hydrogen) atoms. The third kappa shape index (κ3) is 6.42. The number of aliphatic hydroxyl groups excluding tert-OH is 1. The average Bonchev–Trinajstić information content (AvgIpc) is 2.24. The first-order chi connectivity index (χ1) is 6.24. The SMILES string of the molecule is CO.CO[Si](CCCCl)(OC)OC. The number of alkyl halides is 1. The lowest BCUT2D eigenvalue weighted by Crippen LogP contribution is -2.42. The van der Waals surface area contributed by atoms with Gasteiger partial charge in [-0.1, -0.05) is 0 Å². The minimum absolute atomic E-state index is 0.616. The molecule has 0 atom stereocenters. The topological polar surface area (TPSA) is 47.9 Å². The van der Waals surface area contributed by atoms with Gasteiger partial charge in [-0.25, -0.2) is 0 Å². The summed E-state index contributed by atoms with van der Waals surface area (Å²) in [6, 6.07) is 0.778. The fourth-order valence-corrected chi connectivity index (χ4v) is 2.92. The molecule has 0 aromatic heterocycles. The lowest BCUT2D eigenvalue weighted by atomic mass is 10.6. The Balaban J connectivity index is 0. The molecular weight excluding hydrogens is 212 g/mol. The first-order valence-electron chi connectivity index (χ1n) is 3.91. The van der Waals surface area contributed by atoms with Crippen molar-refractivity contribution in [2.45, 2.75) is 12.5 Å². The smallest absolute Gasteiger partial charge is 0.400 e. The predicted octanol–water partition coefficient (Wildman–Crippen LogP) is 1.10. The quantitative estimate of drug-likeness (QED) is 0.549. The molecule has 0 fully saturated rings. The molecule has 0 aliphatic rings. The van der Waals surface area contributed by atoms with Gasteiger partial charge in [0.1, 0.15) is 0 Å². The van der Waals surface area contributed by atoms with Crippen LogP contribution in [0.15, 0.2) is 0 Å². The summed E-state index contributed by atoms with van der Waals surface area (Å²) >= 11 is 5.53. The average molecular weight is 231 g/mol. The van der Waals surface area contributed by atoms with Gasteiger partial charge in [-0.05, 0) is 6.42 Å². The van der Waals surface area contributed by atoms with E-state index < -0.39 is 8.80 Å². The van der Waals surface area contributed by atoms with Gasteiger partial charge in [0.2, 0.25) is 0 Å². The molecule has 0 saturated heterocycles. The molecule has 0 unspecified atom stereocenters. The highest BCUT2D eigenvalue weighted by Gasteiger charge is 2.36. The normalized spacial score (nSPS) is 10.6. The fourth-order valence-electron chi connectivity index (χ4n) is 0.840. The van der Waals surface area contributed by atoms with E-state index in [-0.39, 0.29) is 0 Å². The van der Waals surface area contributed by atoms with Crippen molar-refractivity contribution in [2.75, 3.05) is 34.3 Å². The van der Waals surface area contributed by atoms with Crippen LogP contribution in [0.3, 0.4) is 0 Å². The van der Waals surface area contributed by atoms with Gasteiger partial charge in [0, 0.05) is 40.4 Å². The fraction of sp³-hybridized carbons (Fsp3) is 1.00. The molecule has 0 aliphatic heterocycles. The standard InChI is InChI=1S/C6H15ClO3Si.CH4O/c1-8-11(9-2,10-3)6-4-5-7;1-2/h4-6H2,1-3H3;2H,1H3. The maximum atomic E-state index is 7.00. The van der Waals surface area contributed by atoms with Gasteiger partial charge in [0.05, 0.1) is 0 Å². The van der Waals surface area contributed by atoms with Crippen molar-refractivity contribution >= 4 is 20.4 Å². The first kappa shape index (κ1) is 15.8. The summed E-state index contributed by atoms with van der Waals surface area (Å²) in [5, 5.41) is 7.00. The third-order valence-electron chi connectivity index (χ3n) is 1.55. The zero-order valence-electron chi connectivity index (χ0n) is 8.67. The Kier molecular flexibility index (Phi) is 12.7. The second-order valence-electron chi connectivity index (χ2n) is 2.09. The lowest BCUT2D eigenvalue weighted by Gasteiger charge is -2.23. The number of rotatable bonds is 6. The Bertz CT molecular complexity index is 92.2. The van der Waals surface area contributed by atoms with Gasteiger partial charge in [0.25, 0.3) is 0 Å². The minimum Gasteiger partial charge on any atom is -0.400 e. The molecule has 0 saturated carbocycles. The van der Waals surface area contributed by atoms with Gasteiger partial charge in [-0.3, -0.25) is 0 Å². The van der Waals surface area contributed by atoms with Crippen molar-refractivity contribution in [2.24, 2.45) is 0 Å². The second kappa shape index (κ2) is 10.4. The van der Waals surface area contributed by atoms with Gasteiger partial charge in [-0.15, -0.1) is 11.6 Å². The molecule has 0 aromatic carbocycles. The molecule has 0 amide bonds. The van der Waals surface area contributed by atoms with Crippen molar-refractivity contribution < 1.29 is 18.4 Å². The monoisotopic (exact) mass is 230 g/mol. The molecule has 0 rings (SSSR count). The highest BCUT2D eigenvalue weighted by molar-refractivity contribution is 6.60. The van der Waals surface area contributed by atoms with Gasteiger partial charge in [-0.2, -0.15) is 0 Å². The van der Waals surface area contributed by atoms with E-state index in [1.54, 1.807) is 21.3 Å². The summed E-state index contributed by atoms with van der Waals surface area (Å²) in [6.45, 7) is 0. The van der Waals surface area contributed by atoms with E-state index in [2.05, 4.69) is 0 Å². The van der Waals surface area contributed by atoms with E-state index in [0.29, 0.717) is 5.88 Å². The number of hydrogen-bond donors (Lipinski definition) is 1. The first-order valence-corrected chi connectivity index (χ1v) is 6.37. The van der Waals surface area contributed by atoms with Crippen molar-refractivity contribution in [3.63, 3.8) is 0 Å². The van der Waals surface area contributed by atoms with E-state index in [1.807, 2.05) is 0 Å². The van der Waals surface area contributed by atoms with E-state index in [0.717, 1.165) is 19.6 Å². The maximum Gasteiger partial charge on any atom is 0.500 e. The van der Waals surface area contributed by atoms with Crippen molar-refractivity contribution in [3.05, 3.63) is 0 Å². The molecule has 0 aliphatic carbocycles. The Labute approximate surface area is 86.1 Å². The van der Waals surface area contributed by atoms with Crippen LogP contribution in [0.4, 0.5) is 0 Å². The largest absolute Gasteiger partial charge is 0.500 e. The summed E-state index contributed by atoms with van der Waals surface area (Å²) in [5.74, 6) is 0.616. The molecule has 1 N–H and O–H groups in total. The van der Waals surface area contributed by atoms with Crippen LogP contribution < -0.4 is 0 Å². The third-order valence-corrected chi connectivity index (χ3v) is 4.65. The highest BCUT2D eigenvalue weighted by Crippen LogP contribution is 2.14. The molecule has 0 spiro atoms. The van der Waals surface area contributed by atoms with Crippen LogP contribution in [0, 0.1) is 0 Å². The van der Waals surface area contributed by atoms with Crippen molar-refractivity contribution in [1.82, 2.24) is 0 Å². The maximum absolute atomic E-state index is 7.00. The minimum atomic E-state index is -2.32. The Morgan fingerprint density at radius 3 is 1.69 bits per heavy atom. The summed E-state index contributed by atoms with van der Waals surface area (Å²) in [6.07, 6.45) is 0.864. The van der Waals surface area contributed by atoms with Crippen LogP contribution in [0.25, 0.3) is 0 Å². The van der Waals surface area contributed by atoms with Crippen molar-refractivity contribution in [1.29, 1.82) is 0 Å². The summed E-state index contributed by atoms with van der Waals surface area (Å²) in [5.41, 5.74) is 0.